The van der Waals surface area contributed by atoms with Crippen molar-refractivity contribution in [2.45, 2.75) is 57.4 Å². The number of halogens is 2. The summed E-state index contributed by atoms with van der Waals surface area (Å²) in [5.41, 5.74) is 14.0. The fraction of sp³-hybridized carbons (Fsp3) is 0.325. The van der Waals surface area contributed by atoms with Gasteiger partial charge in [-0.3, -0.25) is 49.5 Å². The Kier molecular flexibility index (Phi) is 20.7. The Bertz CT molecular complexity index is 5160. The molecule has 0 radical (unpaired) electrons. The average molecular weight is 1460 g/mol. The van der Waals surface area contributed by atoms with Gasteiger partial charge in [-0.15, -0.1) is 0 Å². The number of aromatic nitrogens is 12. The van der Waals surface area contributed by atoms with Crippen LogP contribution in [0, 0.1) is 0 Å². The monoisotopic (exact) mass is 1450 g/mol. The fourth-order valence-corrected chi connectivity index (χ4v) is 14.8. The Morgan fingerprint density at radius 2 is 0.806 bits per heavy atom. The number of pyridine rings is 6. The lowest BCUT2D eigenvalue weighted by Crippen LogP contribution is -2.44. The van der Waals surface area contributed by atoms with E-state index in [9.17, 15) is 23.2 Å². The van der Waals surface area contributed by atoms with Crippen LogP contribution in [-0.2, 0) is 11.3 Å². The highest BCUT2D eigenvalue weighted by atomic mass is 19.3. The van der Waals surface area contributed by atoms with Crippen molar-refractivity contribution in [3.05, 3.63) is 188 Å². The molecule has 0 unspecified atom stereocenters. The third-order valence-electron chi connectivity index (χ3n) is 20.8. The van der Waals surface area contributed by atoms with Crippen LogP contribution in [0.5, 0.6) is 0 Å². The number of rotatable bonds is 16. The second kappa shape index (κ2) is 31.7. The van der Waals surface area contributed by atoms with Crippen LogP contribution in [0.2, 0.25) is 0 Å². The van der Waals surface area contributed by atoms with Gasteiger partial charge in [0.15, 0.2) is 17.1 Å². The molecule has 6 fully saturated rings. The Morgan fingerprint density at radius 3 is 1.19 bits per heavy atom. The smallest absolute Gasteiger partial charge is 0.276 e. The number of nitrogens with zero attached hydrogens (tertiary/aromatic N) is 16. The second-order valence-electron chi connectivity index (χ2n) is 28.3. The van der Waals surface area contributed by atoms with Crippen molar-refractivity contribution in [2.24, 2.45) is 0 Å². The first-order valence-electron chi connectivity index (χ1n) is 37.0. The third kappa shape index (κ3) is 16.2. The lowest BCUT2D eigenvalue weighted by molar-refractivity contribution is 0.0115. The summed E-state index contributed by atoms with van der Waals surface area (Å²) < 4.78 is 32.6. The summed E-state index contributed by atoms with van der Waals surface area (Å²) in [5, 5.41) is 32.7. The van der Waals surface area contributed by atoms with Crippen LogP contribution in [0.1, 0.15) is 82.0 Å². The maximum Gasteiger partial charge on any atom is 0.276 e. The van der Waals surface area contributed by atoms with Gasteiger partial charge in [0.2, 0.25) is 0 Å². The van der Waals surface area contributed by atoms with Crippen molar-refractivity contribution < 1.29 is 27.9 Å². The average Bonchev–Trinajstić information content (AvgIpc) is 1.62. The fourth-order valence-electron chi connectivity index (χ4n) is 14.8. The zero-order valence-electron chi connectivity index (χ0n) is 60.1. The summed E-state index contributed by atoms with van der Waals surface area (Å²) in [5.74, 6) is -0.681. The number of likely N-dealkylation sites (tertiary alicyclic amines) is 1. The summed E-state index contributed by atoms with van der Waals surface area (Å²) >= 11 is 0. The first-order chi connectivity index (χ1) is 52.8. The van der Waals surface area contributed by atoms with Crippen LogP contribution in [-0.4, -0.2) is 206 Å². The molecule has 0 aliphatic carbocycles. The van der Waals surface area contributed by atoms with Crippen LogP contribution in [0.25, 0.3) is 66.1 Å². The molecule has 28 heteroatoms. The molecule has 0 atom stereocenters. The van der Waals surface area contributed by atoms with Gasteiger partial charge in [0.25, 0.3) is 23.6 Å². The number of morpholine rings is 1. The predicted molar refractivity (Wildman–Crippen MR) is 416 cm³/mol. The minimum Gasteiger partial charge on any atom is -0.378 e. The van der Waals surface area contributed by atoms with Crippen LogP contribution in [0.4, 0.5) is 54.7 Å². The van der Waals surface area contributed by atoms with Crippen LogP contribution >= 0.6 is 0 Å². The van der Waals surface area contributed by atoms with Crippen LogP contribution < -0.4 is 40.4 Å². The summed E-state index contributed by atoms with van der Waals surface area (Å²) in [4.78, 5) is 81.6. The zero-order valence-corrected chi connectivity index (χ0v) is 60.1. The van der Waals surface area contributed by atoms with Gasteiger partial charge in [-0.25, -0.2) is 23.7 Å². The second-order valence-corrected chi connectivity index (χ2v) is 28.3. The van der Waals surface area contributed by atoms with E-state index in [0.29, 0.717) is 46.9 Å². The highest BCUT2D eigenvalue weighted by molar-refractivity contribution is 6.13. The van der Waals surface area contributed by atoms with Crippen molar-refractivity contribution in [3.8, 4) is 33.4 Å². The topological polar surface area (TPSA) is 283 Å². The number of carbonyl (C=O) groups excluding carboxylic acids is 3. The minimum absolute atomic E-state index is 0.110. The number of amides is 3. The van der Waals surface area contributed by atoms with Gasteiger partial charge in [0.1, 0.15) is 17.5 Å². The number of piperazine rings is 1. The quantitative estimate of drug-likeness (QED) is 0.0524. The van der Waals surface area contributed by atoms with Gasteiger partial charge in [-0.2, -0.15) is 15.3 Å². The van der Waals surface area contributed by atoms with Crippen LogP contribution in [0.15, 0.2) is 165 Å². The largest absolute Gasteiger partial charge is 0.378 e. The first kappa shape index (κ1) is 70.4. The molecule has 18 rings (SSSR count). The number of hydrogen-bond donors (Lipinski definition) is 6. The Balaban J connectivity index is 0.000000124. The molecule has 0 bridgehead atoms. The number of H-pyrrole nitrogens is 3. The highest BCUT2D eigenvalue weighted by Gasteiger charge is 2.38. The van der Waals surface area contributed by atoms with E-state index in [-0.39, 0.29) is 36.4 Å². The minimum atomic E-state index is -2.62. The molecule has 108 heavy (non-hydrogen) atoms. The Hall–Kier alpha value is -11.9. The molecular formula is C80H84F2N22O4. The maximum absolute atomic E-state index is 13.6. The van der Waals surface area contributed by atoms with E-state index in [2.05, 4.69) is 125 Å². The Labute approximate surface area is 622 Å². The predicted octanol–water partition coefficient (Wildman–Crippen LogP) is 12.0. The van der Waals surface area contributed by atoms with E-state index in [4.69, 9.17) is 4.74 Å². The van der Waals surface area contributed by atoms with E-state index in [1.165, 1.54) is 38.5 Å². The van der Waals surface area contributed by atoms with E-state index in [0.717, 1.165) is 187 Å². The van der Waals surface area contributed by atoms with Crippen LogP contribution in [0.3, 0.4) is 0 Å². The molecule has 3 amide bonds. The molecule has 6 aliphatic heterocycles. The number of hydrogen-bond acceptors (Lipinski definition) is 20. The van der Waals surface area contributed by atoms with Crippen molar-refractivity contribution in [1.29, 1.82) is 0 Å². The van der Waals surface area contributed by atoms with Crippen molar-refractivity contribution in [1.82, 2.24) is 70.3 Å². The van der Waals surface area contributed by atoms with E-state index < -0.39 is 5.92 Å². The number of aromatic amines is 3. The highest BCUT2D eigenvalue weighted by Crippen LogP contribution is 2.34. The molecule has 3 aromatic carbocycles. The lowest BCUT2D eigenvalue weighted by Gasteiger charge is -2.34. The molecular weight excluding hydrogens is 1370 g/mol. The number of benzene rings is 3. The zero-order chi connectivity index (χ0) is 73.5. The molecule has 0 spiro atoms. The number of anilines is 8. The molecule has 12 aromatic rings. The number of nitrogens with one attached hydrogen (secondary N) is 6. The molecule has 6 N–H and O–H groups in total. The van der Waals surface area contributed by atoms with E-state index in [1.807, 2.05) is 122 Å². The summed E-state index contributed by atoms with van der Waals surface area (Å²) in [7, 11) is 2.15. The molecule has 15 heterocycles. The molecule has 6 saturated heterocycles. The number of ether oxygens (including phenoxy) is 1. The summed E-state index contributed by atoms with van der Waals surface area (Å²) in [6.07, 6.45) is 23.1. The molecule has 0 saturated carbocycles. The van der Waals surface area contributed by atoms with Gasteiger partial charge in [0.05, 0.1) is 95.7 Å². The number of carbonyl (C=O) groups is 3. The van der Waals surface area contributed by atoms with E-state index in [1.54, 1.807) is 35.9 Å². The molecule has 552 valence electrons. The number of fused-ring (bicyclic) bond motifs is 3. The van der Waals surface area contributed by atoms with Crippen molar-refractivity contribution in [2.75, 3.05) is 152 Å². The van der Waals surface area contributed by atoms with Gasteiger partial charge >= 0.3 is 0 Å². The first-order valence-corrected chi connectivity index (χ1v) is 37.0. The van der Waals surface area contributed by atoms with Gasteiger partial charge in [-0.1, -0.05) is 18.2 Å². The normalized spacial score (nSPS) is 16.8. The SMILES string of the molecule is CN1CCN(c2cncc(-c3ccc4[nH]nc(C(=O)Nc5ccc(N6CCCC6)nc5)c4c3)c2)CC1.O=C(Nc1ccc(N2CCCC2)nc1)c1n[nH]c2ccc(-c3cncc(CN4CCC(F)(F)C4)c3)cc12.O=C(Nc1ccc(N2CCCC2)nc1)c1n[nH]c2ccc(-c3cncc(N4CCOCC4)c3)cc12. The Morgan fingerprint density at radius 1 is 0.417 bits per heavy atom. The van der Waals surface area contributed by atoms with Gasteiger partial charge < -0.3 is 50.1 Å². The summed E-state index contributed by atoms with van der Waals surface area (Å²) in [6.45, 7) is 13.9. The van der Waals surface area contributed by atoms with Gasteiger partial charge in [-0.05, 0) is 159 Å². The molecule has 26 nitrogen and oxygen atoms in total. The maximum atomic E-state index is 13.6. The summed E-state index contributed by atoms with van der Waals surface area (Å²) in [6, 6.07) is 35.4. The van der Waals surface area contributed by atoms with Gasteiger partial charge in [0, 0.05) is 156 Å². The standard InChI is InChI=1S/C27H27F2N7O.C27H30N8O.C26H27N7O2/c28-27(29)7-10-35(17-27)16-18-11-20(14-30-13-18)19-3-5-23-22(12-19)25(34-33-23)26(37)32-21-4-6-24(31-15-21)36-8-1-2-9-36;1-33-10-12-34(13-11-33)22-14-20(16-28-18-22)19-4-6-24-23(15-19)26(32-31-24)27(36)30-21-5-7-25(29-17-21)35-8-2-3-9-35;34-26(29-20-4-6-24(28-16-20)33-7-1-2-8-33)25-22-14-18(3-5-23(22)30-31-25)19-13-21(17-27-15-19)32-9-11-35-12-10-32/h3-6,11-15H,1-2,7-10,16-17H2,(H,32,37)(H,33,34);4-7,14-18H,2-3,8-13H2,1H3,(H,30,36)(H,31,32);3-6,13-17H,1-2,7-12H2,(H,29,34)(H,30,31). The number of likely N-dealkylation sites (N-methyl/N-ethyl adjacent to an activating group) is 1. The van der Waals surface area contributed by atoms with Crippen molar-refractivity contribution >= 4 is 96.3 Å². The molecule has 6 aliphatic rings. The lowest BCUT2D eigenvalue weighted by atomic mass is 10.0. The molecule has 9 aromatic heterocycles. The number of alkyl halides is 2. The van der Waals surface area contributed by atoms with Crippen molar-refractivity contribution in [3.63, 3.8) is 0 Å². The third-order valence-corrected chi connectivity index (χ3v) is 20.8. The van der Waals surface area contributed by atoms with E-state index >= 15 is 0 Å².